The molecule has 0 aromatic heterocycles. The second-order valence-corrected chi connectivity index (χ2v) is 6.42. The molecule has 2 aliphatic rings. The number of carbonyl (C=O) groups excluding carboxylic acids is 2. The van der Waals surface area contributed by atoms with Gasteiger partial charge >= 0.3 is 12.1 Å². The second-order valence-electron chi connectivity index (χ2n) is 6.42. The Morgan fingerprint density at radius 3 is 2.26 bits per heavy atom. The normalized spacial score (nSPS) is 27.3. The number of amides is 1. The largest absolute Gasteiger partial charge is 0.469 e. The standard InChI is InChI=1S/C14H23NO4/c1-14(2,3)19-13(17)15-8-7-10(12(16)18-4)11(15)9-5-6-9/h9-11H,5-8H2,1-4H3. The van der Waals surface area contributed by atoms with Crippen molar-refractivity contribution in [2.24, 2.45) is 11.8 Å². The number of likely N-dealkylation sites (tertiary alicyclic amines) is 1. The maximum absolute atomic E-state index is 12.2. The Bertz CT molecular complexity index is 370. The van der Waals surface area contributed by atoms with E-state index in [4.69, 9.17) is 9.47 Å². The van der Waals surface area contributed by atoms with Gasteiger partial charge in [0.1, 0.15) is 5.60 Å². The number of ether oxygens (including phenoxy) is 2. The molecule has 0 aromatic carbocycles. The number of hydrogen-bond donors (Lipinski definition) is 0. The minimum Gasteiger partial charge on any atom is -0.469 e. The number of methoxy groups -OCH3 is 1. The Morgan fingerprint density at radius 1 is 1.16 bits per heavy atom. The molecule has 1 heterocycles. The Balaban J connectivity index is 2.08. The van der Waals surface area contributed by atoms with Crippen LogP contribution < -0.4 is 0 Å². The van der Waals surface area contributed by atoms with Gasteiger partial charge in [0.25, 0.3) is 0 Å². The lowest BCUT2D eigenvalue weighted by molar-refractivity contribution is -0.146. The van der Waals surface area contributed by atoms with Crippen LogP contribution in [0.15, 0.2) is 0 Å². The zero-order chi connectivity index (χ0) is 14.2. The van der Waals surface area contributed by atoms with Crippen LogP contribution >= 0.6 is 0 Å². The van der Waals surface area contributed by atoms with Crippen molar-refractivity contribution in [2.45, 2.75) is 51.7 Å². The van der Waals surface area contributed by atoms with Gasteiger partial charge in [-0.1, -0.05) is 0 Å². The molecule has 108 valence electrons. The van der Waals surface area contributed by atoms with Gasteiger partial charge in [0.05, 0.1) is 19.1 Å². The molecule has 2 rings (SSSR count). The van der Waals surface area contributed by atoms with Crippen LogP contribution in [0.4, 0.5) is 4.79 Å². The molecule has 1 saturated carbocycles. The molecule has 1 aliphatic heterocycles. The van der Waals surface area contributed by atoms with Gasteiger partial charge < -0.3 is 14.4 Å². The van der Waals surface area contributed by atoms with E-state index in [1.807, 2.05) is 20.8 Å². The van der Waals surface area contributed by atoms with Gasteiger partial charge in [-0.25, -0.2) is 4.79 Å². The van der Waals surface area contributed by atoms with Crippen LogP contribution in [0.1, 0.15) is 40.0 Å². The zero-order valence-corrected chi connectivity index (χ0v) is 12.1. The first-order valence-electron chi connectivity index (χ1n) is 6.91. The first-order valence-corrected chi connectivity index (χ1v) is 6.91. The molecule has 5 nitrogen and oxygen atoms in total. The van der Waals surface area contributed by atoms with Gasteiger partial charge in [-0.15, -0.1) is 0 Å². The average molecular weight is 269 g/mol. The second kappa shape index (κ2) is 5.02. The summed E-state index contributed by atoms with van der Waals surface area (Å²) < 4.78 is 10.3. The summed E-state index contributed by atoms with van der Waals surface area (Å²) in [7, 11) is 1.41. The third kappa shape index (κ3) is 3.19. The highest BCUT2D eigenvalue weighted by molar-refractivity contribution is 5.77. The van der Waals surface area contributed by atoms with Crippen molar-refractivity contribution >= 4 is 12.1 Å². The summed E-state index contributed by atoms with van der Waals surface area (Å²) in [6, 6.07) is -0.0395. The van der Waals surface area contributed by atoms with Crippen molar-refractivity contribution in [2.75, 3.05) is 13.7 Å². The molecule has 0 radical (unpaired) electrons. The van der Waals surface area contributed by atoms with Gasteiger partial charge in [-0.05, 0) is 46.0 Å². The van der Waals surface area contributed by atoms with Crippen molar-refractivity contribution in [1.29, 1.82) is 0 Å². The predicted octanol–water partition coefficient (Wildman–Crippen LogP) is 2.20. The molecule has 0 N–H and O–H groups in total. The lowest BCUT2D eigenvalue weighted by Gasteiger charge is -2.30. The van der Waals surface area contributed by atoms with Crippen molar-refractivity contribution < 1.29 is 19.1 Å². The first-order chi connectivity index (χ1) is 8.83. The smallest absolute Gasteiger partial charge is 0.410 e. The van der Waals surface area contributed by atoms with Crippen LogP contribution in [0.3, 0.4) is 0 Å². The Kier molecular flexibility index (Phi) is 3.74. The molecule has 1 aliphatic carbocycles. The summed E-state index contributed by atoms with van der Waals surface area (Å²) in [6.45, 7) is 6.14. The fourth-order valence-electron chi connectivity index (χ4n) is 2.78. The highest BCUT2D eigenvalue weighted by Crippen LogP contribution is 2.43. The predicted molar refractivity (Wildman–Crippen MR) is 69.6 cm³/mol. The van der Waals surface area contributed by atoms with Gasteiger partial charge in [0.15, 0.2) is 0 Å². The van der Waals surface area contributed by atoms with E-state index in [9.17, 15) is 9.59 Å². The quantitative estimate of drug-likeness (QED) is 0.721. The van der Waals surface area contributed by atoms with E-state index in [1.165, 1.54) is 7.11 Å². The molecule has 19 heavy (non-hydrogen) atoms. The van der Waals surface area contributed by atoms with Crippen LogP contribution in [0, 0.1) is 11.8 Å². The Labute approximate surface area is 114 Å². The molecule has 1 saturated heterocycles. The molecular weight excluding hydrogens is 246 g/mol. The fraction of sp³-hybridized carbons (Fsp3) is 0.857. The SMILES string of the molecule is COC(=O)C1CCN(C(=O)OC(C)(C)C)C1C1CC1. The molecule has 2 atom stereocenters. The molecule has 2 fully saturated rings. The van der Waals surface area contributed by atoms with Crippen LogP contribution in [0.2, 0.25) is 0 Å². The number of hydrogen-bond acceptors (Lipinski definition) is 4. The van der Waals surface area contributed by atoms with E-state index < -0.39 is 5.60 Å². The molecule has 1 amide bonds. The molecule has 5 heteroatoms. The number of rotatable bonds is 2. The Morgan fingerprint density at radius 2 is 1.79 bits per heavy atom. The van der Waals surface area contributed by atoms with Crippen molar-refractivity contribution in [1.82, 2.24) is 4.90 Å². The maximum Gasteiger partial charge on any atom is 0.410 e. The average Bonchev–Trinajstić information content (AvgIpc) is 3.04. The number of nitrogens with zero attached hydrogens (tertiary/aromatic N) is 1. The lowest BCUT2D eigenvalue weighted by atomic mass is 9.96. The molecule has 2 unspecified atom stereocenters. The van der Waals surface area contributed by atoms with E-state index in [0.29, 0.717) is 18.9 Å². The van der Waals surface area contributed by atoms with Crippen LogP contribution in [0.5, 0.6) is 0 Å². The van der Waals surface area contributed by atoms with Crippen LogP contribution in [0.25, 0.3) is 0 Å². The van der Waals surface area contributed by atoms with E-state index in [-0.39, 0.29) is 24.0 Å². The van der Waals surface area contributed by atoms with E-state index in [2.05, 4.69) is 0 Å². The van der Waals surface area contributed by atoms with Crippen LogP contribution in [-0.4, -0.2) is 42.3 Å². The minimum absolute atomic E-state index is 0.0395. The van der Waals surface area contributed by atoms with Crippen molar-refractivity contribution in [3.05, 3.63) is 0 Å². The third-order valence-corrected chi connectivity index (χ3v) is 3.69. The summed E-state index contributed by atoms with van der Waals surface area (Å²) in [5.74, 6) is 0.0343. The summed E-state index contributed by atoms with van der Waals surface area (Å²) in [5, 5.41) is 0. The van der Waals surface area contributed by atoms with Gasteiger partial charge in [0, 0.05) is 6.54 Å². The lowest BCUT2D eigenvalue weighted by Crippen LogP contribution is -2.44. The van der Waals surface area contributed by atoms with Crippen molar-refractivity contribution in [3.8, 4) is 0 Å². The fourth-order valence-corrected chi connectivity index (χ4v) is 2.78. The Hall–Kier alpha value is -1.26. The highest BCUT2D eigenvalue weighted by Gasteiger charge is 2.50. The maximum atomic E-state index is 12.2. The summed E-state index contributed by atoms with van der Waals surface area (Å²) in [6.07, 6.45) is 2.53. The number of carbonyl (C=O) groups is 2. The molecular formula is C14H23NO4. The van der Waals surface area contributed by atoms with Gasteiger partial charge in [-0.2, -0.15) is 0 Å². The zero-order valence-electron chi connectivity index (χ0n) is 12.1. The van der Waals surface area contributed by atoms with E-state index >= 15 is 0 Å². The number of esters is 1. The first kappa shape index (κ1) is 14.2. The third-order valence-electron chi connectivity index (χ3n) is 3.69. The van der Waals surface area contributed by atoms with Gasteiger partial charge in [-0.3, -0.25) is 4.79 Å². The summed E-state index contributed by atoms with van der Waals surface area (Å²) >= 11 is 0. The summed E-state index contributed by atoms with van der Waals surface area (Å²) in [4.78, 5) is 25.7. The minimum atomic E-state index is -0.505. The van der Waals surface area contributed by atoms with Crippen molar-refractivity contribution in [3.63, 3.8) is 0 Å². The van der Waals surface area contributed by atoms with Gasteiger partial charge in [0.2, 0.25) is 0 Å². The topological polar surface area (TPSA) is 55.8 Å². The summed E-state index contributed by atoms with van der Waals surface area (Å²) in [5.41, 5.74) is -0.505. The highest BCUT2D eigenvalue weighted by atomic mass is 16.6. The van der Waals surface area contributed by atoms with E-state index in [0.717, 1.165) is 12.8 Å². The van der Waals surface area contributed by atoms with E-state index in [1.54, 1.807) is 4.90 Å². The van der Waals surface area contributed by atoms with Crippen LogP contribution in [-0.2, 0) is 14.3 Å². The molecule has 0 aromatic rings. The molecule has 0 bridgehead atoms. The molecule has 0 spiro atoms. The monoisotopic (exact) mass is 269 g/mol.